The molecule has 0 aromatic carbocycles. The van der Waals surface area contributed by atoms with Crippen LogP contribution in [0.3, 0.4) is 0 Å². The van der Waals surface area contributed by atoms with E-state index in [1.165, 1.54) is 0 Å². The highest BCUT2D eigenvalue weighted by Crippen LogP contribution is 2.11. The topological polar surface area (TPSA) is 62.5 Å². The van der Waals surface area contributed by atoms with E-state index in [4.69, 9.17) is 5.26 Å². The summed E-state index contributed by atoms with van der Waals surface area (Å²) in [4.78, 5) is 12.2. The van der Waals surface area contributed by atoms with E-state index in [0.717, 1.165) is 0 Å². The molecule has 2 heterocycles. The van der Waals surface area contributed by atoms with Crippen LogP contribution in [0.1, 0.15) is 11.5 Å². The van der Waals surface area contributed by atoms with Gasteiger partial charge in [-0.3, -0.25) is 0 Å². The Morgan fingerprint density at radius 2 is 2.23 bits per heavy atom. The van der Waals surface area contributed by atoms with Gasteiger partial charge in [0.05, 0.1) is 5.39 Å². The van der Waals surface area contributed by atoms with Crippen molar-refractivity contribution < 1.29 is 0 Å². The van der Waals surface area contributed by atoms with E-state index in [0.29, 0.717) is 22.6 Å². The van der Waals surface area contributed by atoms with Crippen LogP contribution in [0.25, 0.3) is 11.0 Å². The fourth-order valence-electron chi connectivity index (χ4n) is 1.16. The lowest BCUT2D eigenvalue weighted by atomic mass is 10.2. The van der Waals surface area contributed by atoms with Crippen molar-refractivity contribution in [3.05, 3.63) is 29.8 Å². The zero-order valence-electron chi connectivity index (χ0n) is 7.02. The Labute approximate surface area is 74.9 Å². The van der Waals surface area contributed by atoms with Gasteiger partial charge in [-0.05, 0) is 19.1 Å². The van der Waals surface area contributed by atoms with Crippen LogP contribution in [0.2, 0.25) is 0 Å². The van der Waals surface area contributed by atoms with Crippen LogP contribution in [0.5, 0.6) is 0 Å². The lowest BCUT2D eigenvalue weighted by Crippen LogP contribution is -1.95. The molecule has 0 fully saturated rings. The Hall–Kier alpha value is -2.02. The molecule has 0 bridgehead atoms. The van der Waals surface area contributed by atoms with Crippen LogP contribution in [0.4, 0.5) is 0 Å². The van der Waals surface area contributed by atoms with Crippen molar-refractivity contribution in [2.24, 2.45) is 0 Å². The summed E-state index contributed by atoms with van der Waals surface area (Å²) in [5.74, 6) is 0.572. The lowest BCUT2D eigenvalue weighted by molar-refractivity contribution is 1.06. The molecule has 0 atom stereocenters. The molecule has 0 saturated heterocycles. The van der Waals surface area contributed by atoms with Crippen molar-refractivity contribution >= 4 is 11.0 Å². The van der Waals surface area contributed by atoms with Crippen molar-refractivity contribution in [1.82, 2.24) is 15.0 Å². The molecule has 0 aliphatic rings. The van der Waals surface area contributed by atoms with Crippen molar-refractivity contribution in [3.8, 4) is 6.07 Å². The number of rotatable bonds is 0. The number of nitriles is 1. The molecule has 0 spiro atoms. The largest absolute Gasteiger partial charge is 0.236 e. The van der Waals surface area contributed by atoms with Gasteiger partial charge < -0.3 is 0 Å². The standard InChI is InChI=1S/C9H6N4/c1-6-12-8(5-10)7-3-2-4-11-9(7)13-6/h2-4H,1H3. The van der Waals surface area contributed by atoms with E-state index in [2.05, 4.69) is 15.0 Å². The van der Waals surface area contributed by atoms with Gasteiger partial charge in [0.2, 0.25) is 0 Å². The number of pyridine rings is 1. The first-order valence-electron chi connectivity index (χ1n) is 3.81. The number of aryl methyl sites for hydroxylation is 1. The second kappa shape index (κ2) is 2.79. The third kappa shape index (κ3) is 1.20. The van der Waals surface area contributed by atoms with Gasteiger partial charge in [0, 0.05) is 6.20 Å². The summed E-state index contributed by atoms with van der Waals surface area (Å²) in [6.07, 6.45) is 1.65. The maximum absolute atomic E-state index is 8.79. The van der Waals surface area contributed by atoms with Crippen molar-refractivity contribution in [1.29, 1.82) is 5.26 Å². The van der Waals surface area contributed by atoms with E-state index in [1.54, 1.807) is 25.3 Å². The van der Waals surface area contributed by atoms with Gasteiger partial charge in [0.1, 0.15) is 11.9 Å². The normalized spacial score (nSPS) is 9.85. The second-order valence-corrected chi connectivity index (χ2v) is 2.61. The molecule has 0 amide bonds. The van der Waals surface area contributed by atoms with Gasteiger partial charge in [0.25, 0.3) is 0 Å². The molecule has 0 saturated carbocycles. The van der Waals surface area contributed by atoms with Crippen molar-refractivity contribution in [2.75, 3.05) is 0 Å². The van der Waals surface area contributed by atoms with Gasteiger partial charge in [-0.2, -0.15) is 5.26 Å². The van der Waals surface area contributed by atoms with Crippen molar-refractivity contribution in [2.45, 2.75) is 6.92 Å². The quantitative estimate of drug-likeness (QED) is 0.596. The summed E-state index contributed by atoms with van der Waals surface area (Å²) in [5.41, 5.74) is 0.960. The zero-order chi connectivity index (χ0) is 9.26. The van der Waals surface area contributed by atoms with Crippen LogP contribution in [0, 0.1) is 18.3 Å². The third-order valence-corrected chi connectivity index (χ3v) is 1.69. The van der Waals surface area contributed by atoms with Gasteiger partial charge in [-0.25, -0.2) is 15.0 Å². The first-order valence-corrected chi connectivity index (χ1v) is 3.81. The Kier molecular flexibility index (Phi) is 1.64. The molecule has 0 radical (unpaired) electrons. The predicted molar refractivity (Wildman–Crippen MR) is 46.8 cm³/mol. The molecular weight excluding hydrogens is 164 g/mol. The maximum Gasteiger partial charge on any atom is 0.164 e. The summed E-state index contributed by atoms with van der Waals surface area (Å²) in [5, 5.41) is 9.50. The first-order chi connectivity index (χ1) is 6.31. The van der Waals surface area contributed by atoms with Crippen LogP contribution in [0.15, 0.2) is 18.3 Å². The second-order valence-electron chi connectivity index (χ2n) is 2.61. The van der Waals surface area contributed by atoms with Crippen LogP contribution in [-0.4, -0.2) is 15.0 Å². The molecule has 2 aromatic rings. The summed E-state index contributed by atoms with van der Waals surface area (Å²) in [6, 6.07) is 5.58. The average Bonchev–Trinajstić information content (AvgIpc) is 2.16. The van der Waals surface area contributed by atoms with E-state index in [9.17, 15) is 0 Å². The van der Waals surface area contributed by atoms with Gasteiger partial charge >= 0.3 is 0 Å². The molecule has 2 rings (SSSR count). The van der Waals surface area contributed by atoms with E-state index < -0.39 is 0 Å². The van der Waals surface area contributed by atoms with E-state index in [-0.39, 0.29) is 0 Å². The van der Waals surface area contributed by atoms with Gasteiger partial charge in [-0.1, -0.05) is 0 Å². The summed E-state index contributed by atoms with van der Waals surface area (Å²) in [6.45, 7) is 1.74. The number of fused-ring (bicyclic) bond motifs is 1. The maximum atomic E-state index is 8.79. The molecule has 62 valence electrons. The Bertz CT molecular complexity index is 498. The van der Waals surface area contributed by atoms with Crippen LogP contribution in [-0.2, 0) is 0 Å². The highest BCUT2D eigenvalue weighted by atomic mass is 14.9. The fraction of sp³-hybridized carbons (Fsp3) is 0.111. The first kappa shape index (κ1) is 7.62. The van der Waals surface area contributed by atoms with Crippen LogP contribution < -0.4 is 0 Å². The SMILES string of the molecule is Cc1nc(C#N)c2cccnc2n1. The Morgan fingerprint density at radius 3 is 3.00 bits per heavy atom. The minimum Gasteiger partial charge on any atom is -0.236 e. The van der Waals surface area contributed by atoms with Crippen LogP contribution >= 0.6 is 0 Å². The molecule has 0 aliphatic heterocycles. The Balaban J connectivity index is 2.91. The molecule has 0 aliphatic carbocycles. The highest BCUT2D eigenvalue weighted by Gasteiger charge is 2.03. The number of nitrogens with zero attached hydrogens (tertiary/aromatic N) is 4. The number of aromatic nitrogens is 3. The number of hydrogen-bond acceptors (Lipinski definition) is 4. The minimum absolute atomic E-state index is 0.385. The van der Waals surface area contributed by atoms with Gasteiger partial charge in [0.15, 0.2) is 11.3 Å². The van der Waals surface area contributed by atoms with Gasteiger partial charge in [-0.15, -0.1) is 0 Å². The monoisotopic (exact) mass is 170 g/mol. The fourth-order valence-corrected chi connectivity index (χ4v) is 1.16. The Morgan fingerprint density at radius 1 is 1.38 bits per heavy atom. The van der Waals surface area contributed by atoms with E-state index >= 15 is 0 Å². The smallest absolute Gasteiger partial charge is 0.164 e. The summed E-state index contributed by atoms with van der Waals surface area (Å²) < 4.78 is 0. The van der Waals surface area contributed by atoms with Crippen molar-refractivity contribution in [3.63, 3.8) is 0 Å². The molecule has 4 heteroatoms. The average molecular weight is 170 g/mol. The minimum atomic E-state index is 0.385. The third-order valence-electron chi connectivity index (χ3n) is 1.69. The summed E-state index contributed by atoms with van der Waals surface area (Å²) >= 11 is 0. The number of hydrogen-bond donors (Lipinski definition) is 0. The van der Waals surface area contributed by atoms with E-state index in [1.807, 2.05) is 6.07 Å². The highest BCUT2D eigenvalue weighted by molar-refractivity contribution is 5.79. The molecular formula is C9H6N4. The molecule has 13 heavy (non-hydrogen) atoms. The molecule has 0 N–H and O–H groups in total. The zero-order valence-corrected chi connectivity index (χ0v) is 7.02. The predicted octanol–water partition coefficient (Wildman–Crippen LogP) is 1.20. The summed E-state index contributed by atoms with van der Waals surface area (Å²) in [7, 11) is 0. The molecule has 2 aromatic heterocycles. The lowest BCUT2D eigenvalue weighted by Gasteiger charge is -1.98. The molecule has 4 nitrogen and oxygen atoms in total. The molecule has 0 unspecified atom stereocenters.